The van der Waals surface area contributed by atoms with Crippen LogP contribution in [0.25, 0.3) is 0 Å². The van der Waals surface area contributed by atoms with Crippen molar-refractivity contribution in [1.82, 2.24) is 24.3 Å². The number of nitrogens with two attached hydrogens (primary N) is 3. The van der Waals surface area contributed by atoms with Gasteiger partial charge in [0.05, 0.1) is 23.8 Å². The first-order valence-corrected chi connectivity index (χ1v) is 14.1. The summed E-state index contributed by atoms with van der Waals surface area (Å²) >= 11 is 1.95. The molecule has 1 saturated heterocycles. The van der Waals surface area contributed by atoms with Crippen LogP contribution < -0.4 is 32.3 Å². The van der Waals surface area contributed by atoms with Crippen molar-refractivity contribution in [3.63, 3.8) is 0 Å². The summed E-state index contributed by atoms with van der Waals surface area (Å²) in [4.78, 5) is 60.0. The Labute approximate surface area is 245 Å². The molecule has 0 aromatic carbocycles. The van der Waals surface area contributed by atoms with Crippen LogP contribution in [0, 0.1) is 0 Å². The molecular weight excluding hydrogens is 596 g/mol. The van der Waals surface area contributed by atoms with Crippen LogP contribution in [0.3, 0.4) is 0 Å². The van der Waals surface area contributed by atoms with Gasteiger partial charge in [-0.1, -0.05) is 5.16 Å². The Morgan fingerprint density at radius 1 is 1.36 bits per heavy atom. The lowest BCUT2D eigenvalue weighted by Gasteiger charge is -2.50. The molecule has 226 valence electrons. The molecule has 2 atom stereocenters. The monoisotopic (exact) mass is 624 g/mol. The van der Waals surface area contributed by atoms with Crippen LogP contribution in [0.4, 0.5) is 10.9 Å². The summed E-state index contributed by atoms with van der Waals surface area (Å²) in [5.74, 6) is -4.44. The molecule has 0 saturated carbocycles. The van der Waals surface area contributed by atoms with E-state index in [0.717, 1.165) is 16.4 Å². The number of carbonyl (C=O) groups excluding carboxylic acids is 3. The van der Waals surface area contributed by atoms with E-state index in [-0.39, 0.29) is 48.6 Å². The minimum atomic E-state index is -1.81. The Kier molecular flexibility index (Phi) is 8.71. The van der Waals surface area contributed by atoms with E-state index in [4.69, 9.17) is 22.0 Å². The zero-order valence-electron chi connectivity index (χ0n) is 22.3. The van der Waals surface area contributed by atoms with E-state index in [1.54, 1.807) is 15.6 Å². The smallest absolute Gasteiger partial charge is 0.350 e. The molecule has 2 amide bonds. The molecule has 0 unspecified atom stereocenters. The SMILES string of the molecule is CC(C)(O/N=C(/C(=O)N[C@@H]1C(=O)N2C(C(=O)[O-])=C(C[n+]3cc(CN)c(N)n3CCO)CS[C@H]12)c1nsc(N)n1)C(=O)O. The number of β-lactam (4-membered cyclic amide) rings is 1. The molecule has 2 aromatic heterocycles. The average Bonchev–Trinajstić information content (AvgIpc) is 3.49. The van der Waals surface area contributed by atoms with Crippen LogP contribution in [-0.2, 0) is 43.7 Å². The number of thioether (sulfide) groups is 1. The number of anilines is 2. The highest BCUT2D eigenvalue weighted by atomic mass is 32.2. The first kappa shape index (κ1) is 30.7. The fourth-order valence-electron chi connectivity index (χ4n) is 4.16. The number of aromatic nitrogens is 4. The number of aliphatic hydroxyl groups is 1. The molecule has 0 radical (unpaired) electrons. The highest BCUT2D eigenvalue weighted by Crippen LogP contribution is 2.40. The lowest BCUT2D eigenvalue weighted by molar-refractivity contribution is -0.767. The van der Waals surface area contributed by atoms with Crippen LogP contribution in [0.5, 0.6) is 0 Å². The largest absolute Gasteiger partial charge is 0.543 e. The maximum absolute atomic E-state index is 13.2. The van der Waals surface area contributed by atoms with Crippen molar-refractivity contribution >= 4 is 63.7 Å². The second-order valence-corrected chi connectivity index (χ2v) is 11.5. The van der Waals surface area contributed by atoms with Crippen LogP contribution in [0.1, 0.15) is 25.2 Å². The van der Waals surface area contributed by atoms with Gasteiger partial charge in [0.25, 0.3) is 11.8 Å². The van der Waals surface area contributed by atoms with Gasteiger partial charge in [0.15, 0.2) is 17.5 Å². The summed E-state index contributed by atoms with van der Waals surface area (Å²) in [5, 5.41) is 36.3. The van der Waals surface area contributed by atoms with Gasteiger partial charge in [-0.25, -0.2) is 4.79 Å². The topological polar surface area (TPSA) is 281 Å². The molecular formula is C22H28N10O8S2. The minimum absolute atomic E-state index is 0.00339. The van der Waals surface area contributed by atoms with Gasteiger partial charge in [-0.3, -0.25) is 14.5 Å². The summed E-state index contributed by atoms with van der Waals surface area (Å²) in [6.45, 7) is 2.44. The van der Waals surface area contributed by atoms with Crippen LogP contribution in [-0.4, -0.2) is 88.0 Å². The van der Waals surface area contributed by atoms with Crippen LogP contribution >= 0.6 is 23.3 Å². The van der Waals surface area contributed by atoms with Crippen molar-refractivity contribution in [1.29, 1.82) is 0 Å². The highest BCUT2D eigenvalue weighted by Gasteiger charge is 2.53. The number of aliphatic hydroxyl groups excluding tert-OH is 1. The molecule has 18 nitrogen and oxygen atoms in total. The lowest BCUT2D eigenvalue weighted by Crippen LogP contribution is -2.71. The molecule has 4 rings (SSSR count). The minimum Gasteiger partial charge on any atom is -0.543 e. The molecule has 0 aliphatic carbocycles. The molecule has 1 fully saturated rings. The number of aliphatic carboxylic acids is 2. The third-order valence-corrected chi connectivity index (χ3v) is 8.26. The number of nitrogens with zero attached hydrogens (tertiary/aromatic N) is 6. The molecule has 2 aliphatic heterocycles. The number of rotatable bonds is 12. The first-order chi connectivity index (χ1) is 19.8. The van der Waals surface area contributed by atoms with Gasteiger partial charge in [-0.2, -0.15) is 9.36 Å². The Morgan fingerprint density at radius 2 is 2.07 bits per heavy atom. The fourth-order valence-corrected chi connectivity index (χ4v) is 5.93. The normalized spacial score (nSPS) is 18.9. The van der Waals surface area contributed by atoms with Gasteiger partial charge in [0.2, 0.25) is 23.3 Å². The third-order valence-electron chi connectivity index (χ3n) is 6.38. The van der Waals surface area contributed by atoms with E-state index in [2.05, 4.69) is 19.8 Å². The van der Waals surface area contributed by atoms with Gasteiger partial charge in [0.1, 0.15) is 18.0 Å². The van der Waals surface area contributed by atoms with E-state index in [1.807, 2.05) is 0 Å². The summed E-state index contributed by atoms with van der Waals surface area (Å²) in [5.41, 5.74) is 15.7. The number of nitrogens with one attached hydrogen (secondary N) is 1. The Hall–Kier alpha value is -4.27. The number of carboxylic acids is 2. The Morgan fingerprint density at radius 3 is 2.64 bits per heavy atom. The Bertz CT molecular complexity index is 1500. The molecule has 20 heteroatoms. The quantitative estimate of drug-likeness (QED) is 0.0567. The predicted molar refractivity (Wildman–Crippen MR) is 145 cm³/mol. The second kappa shape index (κ2) is 11.9. The van der Waals surface area contributed by atoms with Crippen molar-refractivity contribution in [3.8, 4) is 0 Å². The number of carboxylic acid groups (broad SMARTS) is 2. The van der Waals surface area contributed by atoms with Gasteiger partial charge in [0, 0.05) is 29.4 Å². The van der Waals surface area contributed by atoms with Crippen molar-refractivity contribution < 1.29 is 44.0 Å². The molecule has 0 spiro atoms. The third kappa shape index (κ3) is 5.73. The van der Waals surface area contributed by atoms with Crippen molar-refractivity contribution in [2.24, 2.45) is 10.9 Å². The van der Waals surface area contributed by atoms with Crippen molar-refractivity contribution in [2.45, 2.75) is 50.5 Å². The molecule has 2 aliphatic rings. The van der Waals surface area contributed by atoms with Crippen molar-refractivity contribution in [3.05, 3.63) is 28.9 Å². The fraction of sp³-hybridized carbons (Fsp3) is 0.455. The lowest BCUT2D eigenvalue weighted by atomic mass is 10.0. The number of fused-ring (bicyclic) bond motifs is 1. The molecule has 4 heterocycles. The van der Waals surface area contributed by atoms with E-state index in [1.165, 1.54) is 25.6 Å². The number of amides is 2. The number of carbonyl (C=O) groups is 4. The number of nitrogen functional groups attached to an aromatic ring is 2. The van der Waals surface area contributed by atoms with Crippen molar-refractivity contribution in [2.75, 3.05) is 23.8 Å². The predicted octanol–water partition coefficient (Wildman–Crippen LogP) is -4.07. The van der Waals surface area contributed by atoms with Gasteiger partial charge in [-0.05, 0) is 13.8 Å². The molecule has 42 heavy (non-hydrogen) atoms. The first-order valence-electron chi connectivity index (χ1n) is 12.3. The zero-order valence-corrected chi connectivity index (χ0v) is 24.0. The van der Waals surface area contributed by atoms with Crippen LogP contribution in [0.2, 0.25) is 0 Å². The number of hydrogen-bond donors (Lipinski definition) is 6. The summed E-state index contributed by atoms with van der Waals surface area (Å²) in [6, 6.07) is -1.17. The Balaban J connectivity index is 1.58. The summed E-state index contributed by atoms with van der Waals surface area (Å²) < 4.78 is 7.06. The maximum Gasteiger partial charge on any atom is 0.350 e. The van der Waals surface area contributed by atoms with Crippen LogP contribution in [0.15, 0.2) is 22.6 Å². The van der Waals surface area contributed by atoms with Gasteiger partial charge >= 0.3 is 5.97 Å². The van der Waals surface area contributed by atoms with E-state index >= 15 is 0 Å². The molecule has 9 N–H and O–H groups in total. The summed E-state index contributed by atoms with van der Waals surface area (Å²) in [6.07, 6.45) is 1.64. The van der Waals surface area contributed by atoms with Gasteiger partial charge in [-0.15, -0.1) is 21.1 Å². The standard InChI is InChI=1S/C22H28N10O8S2/c1-22(2,20(38)39)40-28-11(15-27-21(25)42-29-15)16(34)26-12-17(35)32-13(19(36)37)10(8-41-18(12)32)7-30-6-9(5-23)14(24)31(30)3-4-33/h6,12,18,24,33H,3-5,7-8,23H2,1-2H3,(H5,25,26,27,29,34,36,37,38,39)/b28-11+/t12-,18-/m1/s1. The van der Waals surface area contributed by atoms with E-state index in [9.17, 15) is 34.5 Å². The van der Waals surface area contributed by atoms with E-state index < -0.39 is 46.5 Å². The number of oxime groups is 1. The molecule has 2 aromatic rings. The maximum atomic E-state index is 13.2. The number of hydrogen-bond acceptors (Lipinski definition) is 15. The summed E-state index contributed by atoms with van der Waals surface area (Å²) in [7, 11) is 0. The van der Waals surface area contributed by atoms with Gasteiger partial charge < -0.3 is 47.5 Å². The highest BCUT2D eigenvalue weighted by molar-refractivity contribution is 8.00. The van der Waals surface area contributed by atoms with E-state index in [0.29, 0.717) is 17.0 Å². The average molecular weight is 625 g/mol. The second-order valence-electron chi connectivity index (χ2n) is 9.59. The zero-order chi connectivity index (χ0) is 30.9. The molecule has 0 bridgehead atoms.